The van der Waals surface area contributed by atoms with Crippen LogP contribution in [-0.4, -0.2) is 30.7 Å². The number of anilines is 2. The number of aromatic nitrogens is 1. The minimum absolute atomic E-state index is 0.193. The Hall–Kier alpha value is -4.39. The lowest BCUT2D eigenvalue weighted by molar-refractivity contribution is -0.142. The van der Waals surface area contributed by atoms with Crippen molar-refractivity contribution >= 4 is 34.3 Å². The molecule has 0 spiro atoms. The molecule has 0 aliphatic heterocycles. The van der Waals surface area contributed by atoms with Crippen LogP contribution >= 0.6 is 0 Å². The molecule has 1 aromatic heterocycles. The van der Waals surface area contributed by atoms with Gasteiger partial charge in [-0.1, -0.05) is 42.0 Å². The largest absolute Gasteiger partial charge is 0.496 e. The van der Waals surface area contributed by atoms with Crippen LogP contribution in [0.4, 0.5) is 16.2 Å². The van der Waals surface area contributed by atoms with Gasteiger partial charge >= 0.3 is 12.0 Å². The second-order valence-electron chi connectivity index (χ2n) is 8.07. The highest BCUT2D eigenvalue weighted by atomic mass is 16.5. The highest BCUT2D eigenvalue weighted by Crippen LogP contribution is 2.32. The van der Waals surface area contributed by atoms with Gasteiger partial charge in [0, 0.05) is 28.4 Å². The Morgan fingerprint density at radius 2 is 1.57 bits per heavy atom. The third-order valence-corrected chi connectivity index (χ3v) is 5.46. The van der Waals surface area contributed by atoms with Gasteiger partial charge in [0.15, 0.2) is 0 Å². The van der Waals surface area contributed by atoms with E-state index >= 15 is 0 Å². The molecule has 0 bridgehead atoms. The van der Waals surface area contributed by atoms with Gasteiger partial charge in [0.05, 0.1) is 31.3 Å². The summed E-state index contributed by atoms with van der Waals surface area (Å²) >= 11 is 0. The number of pyridine rings is 1. The van der Waals surface area contributed by atoms with E-state index in [0.29, 0.717) is 23.7 Å². The maximum absolute atomic E-state index is 12.5. The summed E-state index contributed by atoms with van der Waals surface area (Å²) in [5, 5.41) is 6.43. The number of aryl methyl sites for hydroxylation is 1. The lowest BCUT2D eigenvalue weighted by atomic mass is 10.1. The van der Waals surface area contributed by atoms with E-state index in [1.807, 2.05) is 49.4 Å². The number of carbonyl (C=O) groups is 2. The Morgan fingerprint density at radius 3 is 2.26 bits per heavy atom. The van der Waals surface area contributed by atoms with Crippen LogP contribution in [0.1, 0.15) is 18.1 Å². The Bertz CT molecular complexity index is 1350. The van der Waals surface area contributed by atoms with Gasteiger partial charge in [-0.3, -0.25) is 4.79 Å². The number of nitrogens with zero attached hydrogens (tertiary/aromatic N) is 1. The van der Waals surface area contributed by atoms with Crippen LogP contribution in [0.25, 0.3) is 22.2 Å². The van der Waals surface area contributed by atoms with E-state index in [1.165, 1.54) is 5.56 Å². The highest BCUT2D eigenvalue weighted by Gasteiger charge is 2.11. The zero-order valence-corrected chi connectivity index (χ0v) is 19.9. The summed E-state index contributed by atoms with van der Waals surface area (Å²) in [6.07, 6.45) is 0.193. The SMILES string of the molecule is CCOC(=O)Cc1ccc(NC(=O)Nc2ccc3nc(-c4ccc(C)cc4)cc(OC)c3c2)cc1. The first-order chi connectivity index (χ1) is 16.9. The lowest BCUT2D eigenvalue weighted by Crippen LogP contribution is -2.19. The Labute approximate surface area is 204 Å². The van der Waals surface area contributed by atoms with Gasteiger partial charge in [0.1, 0.15) is 5.75 Å². The number of fused-ring (bicyclic) bond motifs is 1. The number of methoxy groups -OCH3 is 1. The summed E-state index contributed by atoms with van der Waals surface area (Å²) in [5.74, 6) is 0.394. The van der Waals surface area contributed by atoms with Crippen LogP contribution in [0.15, 0.2) is 72.8 Å². The predicted octanol–water partition coefficient (Wildman–Crippen LogP) is 5.97. The molecule has 4 rings (SSSR count). The van der Waals surface area contributed by atoms with Gasteiger partial charge in [-0.2, -0.15) is 0 Å². The molecule has 3 aromatic carbocycles. The second-order valence-corrected chi connectivity index (χ2v) is 8.07. The quantitative estimate of drug-likeness (QED) is 0.326. The molecule has 0 aliphatic carbocycles. The molecular weight excluding hydrogens is 442 g/mol. The molecule has 0 radical (unpaired) electrons. The Kier molecular flexibility index (Phi) is 7.26. The van der Waals surface area contributed by atoms with Gasteiger partial charge in [0.2, 0.25) is 0 Å². The van der Waals surface area contributed by atoms with E-state index in [9.17, 15) is 9.59 Å². The topological polar surface area (TPSA) is 89.5 Å². The van der Waals surface area contributed by atoms with E-state index in [1.54, 1.807) is 44.4 Å². The smallest absolute Gasteiger partial charge is 0.323 e. The average Bonchev–Trinajstić information content (AvgIpc) is 2.85. The molecule has 2 amide bonds. The van der Waals surface area contributed by atoms with Crippen molar-refractivity contribution in [1.29, 1.82) is 0 Å². The zero-order chi connectivity index (χ0) is 24.8. The monoisotopic (exact) mass is 469 g/mol. The third kappa shape index (κ3) is 5.95. The maximum Gasteiger partial charge on any atom is 0.323 e. The second kappa shape index (κ2) is 10.7. The summed E-state index contributed by atoms with van der Waals surface area (Å²) < 4.78 is 10.6. The number of hydrogen-bond acceptors (Lipinski definition) is 5. The number of benzene rings is 3. The first-order valence-electron chi connectivity index (χ1n) is 11.3. The van der Waals surface area contributed by atoms with Crippen molar-refractivity contribution in [1.82, 2.24) is 4.98 Å². The van der Waals surface area contributed by atoms with Crippen molar-refractivity contribution in [2.45, 2.75) is 20.3 Å². The minimum Gasteiger partial charge on any atom is -0.496 e. The number of esters is 1. The molecule has 0 saturated carbocycles. The van der Waals surface area contributed by atoms with Gasteiger partial charge in [-0.25, -0.2) is 9.78 Å². The third-order valence-electron chi connectivity index (χ3n) is 5.46. The molecular formula is C28H27N3O4. The van der Waals surface area contributed by atoms with E-state index in [4.69, 9.17) is 14.5 Å². The Balaban J connectivity index is 1.47. The molecule has 0 unspecified atom stereocenters. The van der Waals surface area contributed by atoms with Crippen LogP contribution in [0.2, 0.25) is 0 Å². The van der Waals surface area contributed by atoms with Crippen LogP contribution in [-0.2, 0) is 16.0 Å². The van der Waals surface area contributed by atoms with Crippen molar-refractivity contribution in [2.24, 2.45) is 0 Å². The fourth-order valence-corrected chi connectivity index (χ4v) is 3.69. The molecule has 2 N–H and O–H groups in total. The maximum atomic E-state index is 12.5. The summed E-state index contributed by atoms with van der Waals surface area (Å²) in [4.78, 5) is 28.9. The van der Waals surface area contributed by atoms with Crippen LogP contribution in [0.3, 0.4) is 0 Å². The summed E-state index contributed by atoms with van der Waals surface area (Å²) in [6.45, 7) is 4.17. The van der Waals surface area contributed by atoms with Gasteiger partial charge < -0.3 is 20.1 Å². The molecule has 35 heavy (non-hydrogen) atoms. The fourth-order valence-electron chi connectivity index (χ4n) is 3.69. The normalized spacial score (nSPS) is 10.6. The number of hydrogen-bond donors (Lipinski definition) is 2. The van der Waals surface area contributed by atoms with Gasteiger partial charge in [0.25, 0.3) is 0 Å². The standard InChI is InChI=1S/C28H27N3O4/c1-4-35-27(32)15-19-7-11-21(12-8-19)29-28(33)30-22-13-14-24-23(16-22)26(34-3)17-25(31-24)20-9-5-18(2)6-10-20/h5-14,16-17H,4,15H2,1-3H3,(H2,29,30,33). The van der Waals surface area contributed by atoms with E-state index in [2.05, 4.69) is 10.6 Å². The van der Waals surface area contributed by atoms with Gasteiger partial charge in [-0.05, 0) is 49.7 Å². The number of nitrogens with one attached hydrogen (secondary N) is 2. The number of ether oxygens (including phenoxy) is 2. The molecule has 178 valence electrons. The number of amides is 2. The number of urea groups is 1. The molecule has 0 atom stereocenters. The molecule has 0 saturated heterocycles. The number of rotatable bonds is 7. The Morgan fingerprint density at radius 1 is 0.886 bits per heavy atom. The zero-order valence-electron chi connectivity index (χ0n) is 19.9. The van der Waals surface area contributed by atoms with E-state index in [0.717, 1.165) is 27.7 Å². The van der Waals surface area contributed by atoms with Crippen molar-refractivity contribution in [3.05, 3.63) is 83.9 Å². The summed E-state index contributed by atoms with van der Waals surface area (Å²) in [7, 11) is 1.62. The highest BCUT2D eigenvalue weighted by molar-refractivity contribution is 6.01. The van der Waals surface area contributed by atoms with Crippen LogP contribution < -0.4 is 15.4 Å². The molecule has 0 fully saturated rings. The van der Waals surface area contributed by atoms with Crippen molar-refractivity contribution in [2.75, 3.05) is 24.4 Å². The molecule has 7 heteroatoms. The van der Waals surface area contributed by atoms with Crippen molar-refractivity contribution < 1.29 is 19.1 Å². The number of carbonyl (C=O) groups excluding carboxylic acids is 2. The molecule has 7 nitrogen and oxygen atoms in total. The summed E-state index contributed by atoms with van der Waals surface area (Å²) in [6, 6.07) is 22.2. The first-order valence-corrected chi connectivity index (χ1v) is 11.3. The molecule has 1 heterocycles. The van der Waals surface area contributed by atoms with E-state index < -0.39 is 0 Å². The van der Waals surface area contributed by atoms with E-state index in [-0.39, 0.29) is 18.4 Å². The van der Waals surface area contributed by atoms with Crippen LogP contribution in [0, 0.1) is 6.92 Å². The van der Waals surface area contributed by atoms with Crippen LogP contribution in [0.5, 0.6) is 5.75 Å². The average molecular weight is 470 g/mol. The molecule has 4 aromatic rings. The molecule has 0 aliphatic rings. The predicted molar refractivity (Wildman–Crippen MR) is 138 cm³/mol. The first kappa shape index (κ1) is 23.8. The summed E-state index contributed by atoms with van der Waals surface area (Å²) in [5.41, 5.74) is 5.81. The fraction of sp³-hybridized carbons (Fsp3) is 0.179. The van der Waals surface area contributed by atoms with Crippen molar-refractivity contribution in [3.8, 4) is 17.0 Å². The minimum atomic E-state index is -0.384. The van der Waals surface area contributed by atoms with Crippen molar-refractivity contribution in [3.63, 3.8) is 0 Å². The lowest BCUT2D eigenvalue weighted by Gasteiger charge is -2.12. The van der Waals surface area contributed by atoms with Gasteiger partial charge in [-0.15, -0.1) is 0 Å².